The molecule has 0 fully saturated rings. The molecule has 0 bridgehead atoms. The molecule has 0 saturated heterocycles. The third-order valence-electron chi connectivity index (χ3n) is 3.02. The van der Waals surface area contributed by atoms with E-state index in [1.807, 2.05) is 19.1 Å². The van der Waals surface area contributed by atoms with E-state index in [4.69, 9.17) is 5.73 Å². The lowest BCUT2D eigenvalue weighted by molar-refractivity contribution is 0.476. The number of nitrogens with zero attached hydrogens (tertiary/aromatic N) is 2. The molecule has 0 amide bonds. The Bertz CT molecular complexity index is 716. The van der Waals surface area contributed by atoms with Gasteiger partial charge in [-0.15, -0.1) is 0 Å². The van der Waals surface area contributed by atoms with Gasteiger partial charge < -0.3 is 15.8 Å². The first-order valence-electron chi connectivity index (χ1n) is 6.03. The maximum absolute atomic E-state index is 9.45. The Balaban J connectivity index is 2.03. The third-order valence-corrected chi connectivity index (χ3v) is 3.02. The molecule has 3 rings (SSSR count). The number of hydrogen-bond donors (Lipinski definition) is 3. The van der Waals surface area contributed by atoms with Crippen molar-refractivity contribution < 1.29 is 5.11 Å². The normalized spacial score (nSPS) is 12.7. The number of hydrogen-bond acceptors (Lipinski definition) is 4. The lowest BCUT2D eigenvalue weighted by Crippen LogP contribution is -2.07. The second-order valence-electron chi connectivity index (χ2n) is 4.57. The van der Waals surface area contributed by atoms with E-state index in [0.717, 1.165) is 28.0 Å². The van der Waals surface area contributed by atoms with Gasteiger partial charge in [-0.25, -0.2) is 0 Å². The number of benzene rings is 1. The molecule has 5 heteroatoms. The van der Waals surface area contributed by atoms with E-state index < -0.39 is 0 Å². The third kappa shape index (κ3) is 2.15. The van der Waals surface area contributed by atoms with Gasteiger partial charge in [0.15, 0.2) is 0 Å². The van der Waals surface area contributed by atoms with E-state index in [9.17, 15) is 5.11 Å². The molecule has 0 spiro atoms. The molecule has 96 valence electrons. The molecule has 0 unspecified atom stereocenters. The van der Waals surface area contributed by atoms with Gasteiger partial charge in [0.25, 0.3) is 0 Å². The number of nitrogens with one attached hydrogen (secondary N) is 1. The number of nitrogens with two attached hydrogens (primary N) is 1. The maximum atomic E-state index is 9.45. The Morgan fingerprint density at radius 3 is 2.74 bits per heavy atom. The molecule has 3 aromatic rings. The van der Waals surface area contributed by atoms with Crippen LogP contribution in [0.25, 0.3) is 22.3 Å². The van der Waals surface area contributed by atoms with Crippen LogP contribution in [0.5, 0.6) is 5.75 Å². The quantitative estimate of drug-likeness (QED) is 0.655. The molecule has 2 heterocycles. The molecule has 1 aromatic carbocycles. The van der Waals surface area contributed by atoms with E-state index in [2.05, 4.69) is 15.0 Å². The summed E-state index contributed by atoms with van der Waals surface area (Å²) >= 11 is 0. The van der Waals surface area contributed by atoms with Crippen molar-refractivity contribution in [3.63, 3.8) is 0 Å². The Kier molecular flexibility index (Phi) is 2.68. The zero-order chi connectivity index (χ0) is 13.4. The monoisotopic (exact) mass is 254 g/mol. The number of H-pyrrole nitrogens is 1. The standard InChI is InChI=1S/C14H14N4O/c1-8(15)13-6-17-14(7-16-13)12-5-9-4-10(19)2-3-11(9)18-12/h2-8,18-19H,15H2,1H3/t8-/m0/s1. The molecule has 2 aromatic heterocycles. The molecule has 19 heavy (non-hydrogen) atoms. The van der Waals surface area contributed by atoms with Gasteiger partial charge in [-0.05, 0) is 31.2 Å². The van der Waals surface area contributed by atoms with Gasteiger partial charge in [-0.3, -0.25) is 9.97 Å². The van der Waals surface area contributed by atoms with Crippen molar-refractivity contribution in [2.24, 2.45) is 5.73 Å². The highest BCUT2D eigenvalue weighted by atomic mass is 16.3. The van der Waals surface area contributed by atoms with Crippen molar-refractivity contribution in [3.8, 4) is 17.1 Å². The molecule has 0 aliphatic heterocycles. The fourth-order valence-electron chi connectivity index (χ4n) is 1.97. The van der Waals surface area contributed by atoms with Gasteiger partial charge in [0, 0.05) is 16.9 Å². The van der Waals surface area contributed by atoms with Crippen molar-refractivity contribution in [1.29, 1.82) is 0 Å². The SMILES string of the molecule is C[C@H](N)c1cnc(-c2cc3cc(O)ccc3[nH]2)cn1. The van der Waals surface area contributed by atoms with Gasteiger partial charge in [-0.1, -0.05) is 0 Å². The Morgan fingerprint density at radius 2 is 2.05 bits per heavy atom. The summed E-state index contributed by atoms with van der Waals surface area (Å²) in [7, 11) is 0. The Morgan fingerprint density at radius 1 is 1.21 bits per heavy atom. The minimum Gasteiger partial charge on any atom is -0.508 e. The average Bonchev–Trinajstić information content (AvgIpc) is 2.81. The number of phenols is 1. The average molecular weight is 254 g/mol. The summed E-state index contributed by atoms with van der Waals surface area (Å²) in [6, 6.07) is 7.00. The molecule has 5 nitrogen and oxygen atoms in total. The van der Waals surface area contributed by atoms with Crippen LogP contribution in [0.1, 0.15) is 18.7 Å². The lowest BCUT2D eigenvalue weighted by atomic mass is 10.2. The highest BCUT2D eigenvalue weighted by Gasteiger charge is 2.07. The van der Waals surface area contributed by atoms with E-state index in [1.165, 1.54) is 0 Å². The smallest absolute Gasteiger partial charge is 0.116 e. The van der Waals surface area contributed by atoms with E-state index in [1.54, 1.807) is 24.5 Å². The van der Waals surface area contributed by atoms with Crippen molar-refractivity contribution in [2.45, 2.75) is 13.0 Å². The largest absolute Gasteiger partial charge is 0.508 e. The topological polar surface area (TPSA) is 87.8 Å². The van der Waals surface area contributed by atoms with Crippen LogP contribution in [0.3, 0.4) is 0 Å². The number of phenolic OH excluding ortho intramolecular Hbond substituents is 1. The van der Waals surface area contributed by atoms with Crippen LogP contribution in [0.15, 0.2) is 36.7 Å². The zero-order valence-electron chi connectivity index (χ0n) is 10.5. The second-order valence-corrected chi connectivity index (χ2v) is 4.57. The lowest BCUT2D eigenvalue weighted by Gasteiger charge is -2.03. The number of aromatic amines is 1. The van der Waals surface area contributed by atoms with Crippen LogP contribution < -0.4 is 5.73 Å². The van der Waals surface area contributed by atoms with E-state index in [-0.39, 0.29) is 11.8 Å². The minimum atomic E-state index is -0.124. The van der Waals surface area contributed by atoms with Crippen LogP contribution in [-0.4, -0.2) is 20.1 Å². The van der Waals surface area contributed by atoms with Crippen molar-refractivity contribution in [2.75, 3.05) is 0 Å². The van der Waals surface area contributed by atoms with E-state index in [0.29, 0.717) is 0 Å². The van der Waals surface area contributed by atoms with Gasteiger partial charge in [0.1, 0.15) is 11.4 Å². The molecule has 0 radical (unpaired) electrons. The summed E-state index contributed by atoms with van der Waals surface area (Å²) in [5.74, 6) is 0.247. The molecular weight excluding hydrogens is 240 g/mol. The minimum absolute atomic E-state index is 0.124. The number of aromatic nitrogens is 3. The van der Waals surface area contributed by atoms with Gasteiger partial charge in [0.2, 0.25) is 0 Å². The van der Waals surface area contributed by atoms with Gasteiger partial charge in [0.05, 0.1) is 23.8 Å². The van der Waals surface area contributed by atoms with Crippen LogP contribution in [0.2, 0.25) is 0 Å². The highest BCUT2D eigenvalue weighted by Crippen LogP contribution is 2.25. The highest BCUT2D eigenvalue weighted by molar-refractivity contribution is 5.86. The Hall–Kier alpha value is -2.40. The van der Waals surface area contributed by atoms with Crippen LogP contribution in [0.4, 0.5) is 0 Å². The van der Waals surface area contributed by atoms with Crippen LogP contribution in [0, 0.1) is 0 Å². The fourth-order valence-corrected chi connectivity index (χ4v) is 1.97. The maximum Gasteiger partial charge on any atom is 0.116 e. The predicted molar refractivity (Wildman–Crippen MR) is 73.6 cm³/mol. The van der Waals surface area contributed by atoms with E-state index >= 15 is 0 Å². The predicted octanol–water partition coefficient (Wildman–Crippen LogP) is 2.35. The molecule has 4 N–H and O–H groups in total. The number of rotatable bonds is 2. The zero-order valence-corrected chi connectivity index (χ0v) is 10.5. The summed E-state index contributed by atoms with van der Waals surface area (Å²) in [6.45, 7) is 1.87. The molecule has 0 aliphatic carbocycles. The molecular formula is C14H14N4O. The number of fused-ring (bicyclic) bond motifs is 1. The fraction of sp³-hybridized carbons (Fsp3) is 0.143. The first kappa shape index (κ1) is 11.7. The number of aromatic hydroxyl groups is 1. The first-order chi connectivity index (χ1) is 9.13. The summed E-state index contributed by atoms with van der Waals surface area (Å²) in [5.41, 5.74) is 9.07. The van der Waals surface area contributed by atoms with Gasteiger partial charge >= 0.3 is 0 Å². The summed E-state index contributed by atoms with van der Waals surface area (Å²) < 4.78 is 0. The van der Waals surface area contributed by atoms with Crippen molar-refractivity contribution >= 4 is 10.9 Å². The summed E-state index contributed by atoms with van der Waals surface area (Å²) in [4.78, 5) is 11.9. The summed E-state index contributed by atoms with van der Waals surface area (Å²) in [6.07, 6.45) is 3.38. The van der Waals surface area contributed by atoms with Gasteiger partial charge in [-0.2, -0.15) is 0 Å². The Labute approximate surface area is 110 Å². The molecule has 0 saturated carbocycles. The van der Waals surface area contributed by atoms with Crippen LogP contribution in [-0.2, 0) is 0 Å². The first-order valence-corrected chi connectivity index (χ1v) is 6.03. The molecule has 1 atom stereocenters. The van der Waals surface area contributed by atoms with Crippen molar-refractivity contribution in [3.05, 3.63) is 42.4 Å². The second kappa shape index (κ2) is 4.37. The molecule has 0 aliphatic rings. The van der Waals surface area contributed by atoms with Crippen molar-refractivity contribution in [1.82, 2.24) is 15.0 Å². The summed E-state index contributed by atoms with van der Waals surface area (Å²) in [5, 5.41) is 10.4. The van der Waals surface area contributed by atoms with Crippen LogP contribution >= 0.6 is 0 Å².